The summed E-state index contributed by atoms with van der Waals surface area (Å²) in [6.45, 7) is 1.50. The third kappa shape index (κ3) is 4.26. The van der Waals surface area contributed by atoms with Gasteiger partial charge in [0.2, 0.25) is 5.91 Å². The molecule has 1 aliphatic heterocycles. The number of hydrogen-bond acceptors (Lipinski definition) is 6. The number of carbonyl (C=O) groups excluding carboxylic acids is 2. The van der Waals surface area contributed by atoms with Crippen LogP contribution >= 0.6 is 11.3 Å². The van der Waals surface area contributed by atoms with Crippen molar-refractivity contribution in [1.82, 2.24) is 9.88 Å². The van der Waals surface area contributed by atoms with Crippen LogP contribution in [0.2, 0.25) is 0 Å². The number of anilines is 2. The molecule has 0 unspecified atom stereocenters. The zero-order chi connectivity index (χ0) is 19.5. The smallest absolute Gasteiger partial charge is 0.293 e. The van der Waals surface area contributed by atoms with Crippen molar-refractivity contribution in [1.29, 1.82) is 0 Å². The van der Waals surface area contributed by atoms with E-state index >= 15 is 0 Å². The lowest BCUT2D eigenvalue weighted by atomic mass is 10.2. The number of nitrogens with zero attached hydrogens (tertiary/aromatic N) is 2. The normalized spacial score (nSPS) is 13.8. The van der Waals surface area contributed by atoms with Gasteiger partial charge in [0.1, 0.15) is 5.82 Å². The fraction of sp³-hybridized carbons (Fsp3) is 0.211. The molecule has 0 atom stereocenters. The summed E-state index contributed by atoms with van der Waals surface area (Å²) in [5.41, 5.74) is 1.50. The fourth-order valence-electron chi connectivity index (χ4n) is 2.94. The summed E-state index contributed by atoms with van der Waals surface area (Å²) in [5.74, 6) is -0.619. The highest BCUT2D eigenvalue weighted by Crippen LogP contribution is 2.28. The van der Waals surface area contributed by atoms with Gasteiger partial charge in [-0.2, -0.15) is 0 Å². The van der Waals surface area contributed by atoms with Gasteiger partial charge in [-0.25, -0.2) is 9.37 Å². The molecule has 2 N–H and O–H groups in total. The molecule has 1 aromatic carbocycles. The van der Waals surface area contributed by atoms with E-state index in [2.05, 4.69) is 15.6 Å². The van der Waals surface area contributed by atoms with Gasteiger partial charge >= 0.3 is 0 Å². The predicted octanol–water partition coefficient (Wildman–Crippen LogP) is 3.12. The maximum atomic E-state index is 12.9. The monoisotopic (exact) mass is 400 g/mol. The summed E-state index contributed by atoms with van der Waals surface area (Å²) in [7, 11) is 0. The molecule has 0 saturated carbocycles. The Balaban J connectivity index is 1.34. The molecule has 0 fully saturated rings. The largest absolute Gasteiger partial charge is 0.459 e. The van der Waals surface area contributed by atoms with Gasteiger partial charge in [0, 0.05) is 30.1 Å². The Kier molecular flexibility index (Phi) is 5.18. The van der Waals surface area contributed by atoms with Crippen molar-refractivity contribution in [2.45, 2.75) is 13.0 Å². The molecule has 0 radical (unpaired) electrons. The Bertz CT molecular complexity index is 985. The first kappa shape index (κ1) is 18.3. The molecule has 0 saturated heterocycles. The first-order valence-electron chi connectivity index (χ1n) is 8.68. The van der Waals surface area contributed by atoms with Crippen molar-refractivity contribution in [2.75, 3.05) is 23.7 Å². The third-order valence-corrected chi connectivity index (χ3v) is 5.27. The number of nitrogens with one attached hydrogen (secondary N) is 2. The lowest BCUT2D eigenvalue weighted by Gasteiger charge is -2.25. The average molecular weight is 400 g/mol. The standard InChI is InChI=1S/C19H17FN4O3S/c20-12-3-5-13(6-4-12)21-17(25)11-24-8-7-14-16(10-24)28-19(22-14)23-18(26)15-2-1-9-27-15/h1-6,9H,7-8,10-11H2,(H,21,25)(H,22,23,26). The molecule has 1 aliphatic rings. The third-order valence-electron chi connectivity index (χ3n) is 4.27. The Morgan fingerprint density at radius 2 is 2.04 bits per heavy atom. The number of fused-ring (bicyclic) bond motifs is 1. The summed E-state index contributed by atoms with van der Waals surface area (Å²) >= 11 is 1.40. The van der Waals surface area contributed by atoms with Crippen LogP contribution in [0.15, 0.2) is 47.1 Å². The highest BCUT2D eigenvalue weighted by atomic mass is 32.1. The zero-order valence-corrected chi connectivity index (χ0v) is 15.6. The van der Waals surface area contributed by atoms with Gasteiger partial charge in [-0.05, 0) is 36.4 Å². The number of furan rings is 1. The number of rotatable bonds is 5. The maximum Gasteiger partial charge on any atom is 0.293 e. The first-order chi connectivity index (χ1) is 13.6. The Labute approximate surface area is 164 Å². The van der Waals surface area contributed by atoms with E-state index in [4.69, 9.17) is 4.42 Å². The number of thiazole rings is 1. The van der Waals surface area contributed by atoms with Gasteiger partial charge < -0.3 is 9.73 Å². The molecule has 144 valence electrons. The molecular weight excluding hydrogens is 383 g/mol. The van der Waals surface area contributed by atoms with Gasteiger partial charge in [-0.3, -0.25) is 19.8 Å². The van der Waals surface area contributed by atoms with Crippen molar-refractivity contribution in [3.63, 3.8) is 0 Å². The zero-order valence-electron chi connectivity index (χ0n) is 14.8. The molecular formula is C19H17FN4O3S. The minimum absolute atomic E-state index is 0.161. The van der Waals surface area contributed by atoms with E-state index in [0.717, 1.165) is 10.6 Å². The van der Waals surface area contributed by atoms with Gasteiger partial charge in [0.15, 0.2) is 10.9 Å². The second-order valence-corrected chi connectivity index (χ2v) is 7.42. The minimum atomic E-state index is -0.346. The molecule has 0 spiro atoms. The number of aromatic nitrogens is 1. The molecule has 0 aliphatic carbocycles. The first-order valence-corrected chi connectivity index (χ1v) is 9.50. The molecule has 4 rings (SSSR count). The summed E-state index contributed by atoms with van der Waals surface area (Å²) in [4.78, 5) is 31.8. The van der Waals surface area contributed by atoms with E-state index in [9.17, 15) is 14.0 Å². The van der Waals surface area contributed by atoms with Crippen LogP contribution in [-0.2, 0) is 17.8 Å². The van der Waals surface area contributed by atoms with Gasteiger partial charge in [-0.15, -0.1) is 11.3 Å². The van der Waals surface area contributed by atoms with E-state index in [0.29, 0.717) is 30.3 Å². The molecule has 0 bridgehead atoms. The van der Waals surface area contributed by atoms with Crippen molar-refractivity contribution < 1.29 is 18.4 Å². The van der Waals surface area contributed by atoms with Crippen LogP contribution in [0.5, 0.6) is 0 Å². The van der Waals surface area contributed by atoms with Crippen LogP contribution in [0.1, 0.15) is 21.1 Å². The van der Waals surface area contributed by atoms with Crippen LogP contribution in [-0.4, -0.2) is 34.8 Å². The van der Waals surface area contributed by atoms with Crippen molar-refractivity contribution >= 4 is 34.0 Å². The van der Waals surface area contributed by atoms with Gasteiger partial charge in [0.25, 0.3) is 5.91 Å². The van der Waals surface area contributed by atoms with E-state index in [1.54, 1.807) is 12.1 Å². The van der Waals surface area contributed by atoms with E-state index in [-0.39, 0.29) is 29.9 Å². The van der Waals surface area contributed by atoms with Crippen molar-refractivity contribution in [3.05, 3.63) is 64.8 Å². The Hall–Kier alpha value is -3.04. The van der Waals surface area contributed by atoms with Crippen molar-refractivity contribution in [3.8, 4) is 0 Å². The second kappa shape index (κ2) is 7.91. The summed E-state index contributed by atoms with van der Waals surface area (Å²) in [6.07, 6.45) is 2.14. The number of amides is 2. The minimum Gasteiger partial charge on any atom is -0.459 e. The highest BCUT2D eigenvalue weighted by Gasteiger charge is 2.23. The van der Waals surface area contributed by atoms with Gasteiger partial charge in [0.05, 0.1) is 18.5 Å². The van der Waals surface area contributed by atoms with E-state index in [1.165, 1.54) is 41.9 Å². The molecule has 3 aromatic rings. The molecule has 2 aromatic heterocycles. The Morgan fingerprint density at radius 3 is 2.79 bits per heavy atom. The van der Waals surface area contributed by atoms with Crippen LogP contribution in [0.3, 0.4) is 0 Å². The second-order valence-electron chi connectivity index (χ2n) is 6.34. The van der Waals surface area contributed by atoms with E-state index in [1.807, 2.05) is 4.90 Å². The number of carbonyl (C=O) groups is 2. The van der Waals surface area contributed by atoms with Crippen LogP contribution in [0, 0.1) is 5.82 Å². The lowest BCUT2D eigenvalue weighted by molar-refractivity contribution is -0.117. The number of halogens is 1. The average Bonchev–Trinajstić information content (AvgIpc) is 3.32. The number of benzene rings is 1. The van der Waals surface area contributed by atoms with Crippen LogP contribution in [0.4, 0.5) is 15.2 Å². The molecule has 9 heteroatoms. The fourth-order valence-corrected chi connectivity index (χ4v) is 3.99. The predicted molar refractivity (Wildman–Crippen MR) is 103 cm³/mol. The molecule has 7 nitrogen and oxygen atoms in total. The van der Waals surface area contributed by atoms with Crippen LogP contribution in [0.25, 0.3) is 0 Å². The lowest BCUT2D eigenvalue weighted by Crippen LogP contribution is -2.36. The van der Waals surface area contributed by atoms with Crippen LogP contribution < -0.4 is 10.6 Å². The van der Waals surface area contributed by atoms with E-state index < -0.39 is 0 Å². The SMILES string of the molecule is O=C(CN1CCc2nc(NC(=O)c3ccco3)sc2C1)Nc1ccc(F)cc1. The van der Waals surface area contributed by atoms with Crippen molar-refractivity contribution in [2.24, 2.45) is 0 Å². The summed E-state index contributed by atoms with van der Waals surface area (Å²) < 4.78 is 18.0. The Morgan fingerprint density at radius 1 is 1.21 bits per heavy atom. The highest BCUT2D eigenvalue weighted by molar-refractivity contribution is 7.15. The quantitative estimate of drug-likeness (QED) is 0.687. The maximum absolute atomic E-state index is 12.9. The summed E-state index contributed by atoms with van der Waals surface area (Å²) in [6, 6.07) is 8.90. The molecule has 28 heavy (non-hydrogen) atoms. The topological polar surface area (TPSA) is 87.5 Å². The molecule has 2 amide bonds. The van der Waals surface area contributed by atoms with Gasteiger partial charge in [-0.1, -0.05) is 0 Å². The summed E-state index contributed by atoms with van der Waals surface area (Å²) in [5, 5.41) is 6.02. The molecule has 3 heterocycles. The number of hydrogen-bond donors (Lipinski definition) is 2.